The van der Waals surface area contributed by atoms with E-state index in [2.05, 4.69) is 98.9 Å². The lowest BCUT2D eigenvalue weighted by Crippen LogP contribution is -2.29. The van der Waals surface area contributed by atoms with Crippen molar-refractivity contribution in [2.24, 2.45) is 5.73 Å². The summed E-state index contributed by atoms with van der Waals surface area (Å²) in [4.78, 5) is 35.4. The minimum atomic E-state index is -4.40. The number of hydrogen-bond acceptors (Lipinski definition) is 8. The van der Waals surface area contributed by atoms with Crippen LogP contribution in [0.4, 0.5) is 0 Å². The fourth-order valence-corrected chi connectivity index (χ4v) is 12.2. The zero-order chi connectivity index (χ0) is 65.1. The van der Waals surface area contributed by atoms with E-state index >= 15 is 0 Å². The Labute approximate surface area is 557 Å². The number of hydrogen-bond donors (Lipinski definition) is 2. The molecule has 3 N–H and O–H groups in total. The summed E-state index contributed by atoms with van der Waals surface area (Å²) in [6.45, 7) is 3.69. The Morgan fingerprint density at radius 1 is 0.344 bits per heavy atom. The van der Waals surface area contributed by atoms with E-state index in [1.54, 1.807) is 0 Å². The first kappa shape index (κ1) is 87.2. The Morgan fingerprint density at radius 3 is 0.911 bits per heavy atom. The highest BCUT2D eigenvalue weighted by molar-refractivity contribution is 7.47. The molecule has 0 bridgehead atoms. The molecule has 2 atom stereocenters. The van der Waals surface area contributed by atoms with E-state index in [-0.39, 0.29) is 38.6 Å². The molecule has 0 saturated heterocycles. The third-order valence-corrected chi connectivity index (χ3v) is 18.0. The van der Waals surface area contributed by atoms with Crippen LogP contribution in [0.25, 0.3) is 0 Å². The fraction of sp³-hybridized carbons (Fsp3) is 0.800. The molecular weight excluding hydrogens is 1130 g/mol. The molecule has 0 rings (SSSR count). The van der Waals surface area contributed by atoms with E-state index in [4.69, 9.17) is 24.3 Å². The van der Waals surface area contributed by atoms with E-state index in [0.717, 1.165) is 83.5 Å². The van der Waals surface area contributed by atoms with Crippen molar-refractivity contribution in [1.29, 1.82) is 0 Å². The molecule has 0 aromatic carbocycles. The van der Waals surface area contributed by atoms with Gasteiger partial charge in [0, 0.05) is 19.4 Å². The van der Waals surface area contributed by atoms with Gasteiger partial charge in [-0.2, -0.15) is 0 Å². The second kappa shape index (κ2) is 75.2. The van der Waals surface area contributed by atoms with Crippen LogP contribution < -0.4 is 5.73 Å². The molecular formula is C80H146NO8P. The molecule has 0 amide bonds. The van der Waals surface area contributed by atoms with Gasteiger partial charge in [-0.1, -0.05) is 381 Å². The Kier molecular flexibility index (Phi) is 72.9. The summed E-state index contributed by atoms with van der Waals surface area (Å²) in [5.74, 6) is -0.813. The molecule has 0 aliphatic carbocycles. The highest BCUT2D eigenvalue weighted by Gasteiger charge is 2.26. The van der Waals surface area contributed by atoms with Gasteiger partial charge in [0.1, 0.15) is 6.61 Å². The lowest BCUT2D eigenvalue weighted by atomic mass is 10.0. The molecule has 0 radical (unpaired) electrons. The number of phosphoric acid groups is 1. The van der Waals surface area contributed by atoms with E-state index < -0.39 is 26.5 Å². The molecule has 0 heterocycles. The van der Waals surface area contributed by atoms with Crippen LogP contribution in [0.2, 0.25) is 0 Å². The van der Waals surface area contributed by atoms with Crippen molar-refractivity contribution in [2.75, 3.05) is 26.4 Å². The summed E-state index contributed by atoms with van der Waals surface area (Å²) in [5, 5.41) is 0. The van der Waals surface area contributed by atoms with Gasteiger partial charge in [-0.15, -0.1) is 0 Å². The van der Waals surface area contributed by atoms with E-state index in [1.807, 2.05) is 0 Å². The largest absolute Gasteiger partial charge is 0.472 e. The number of nitrogens with two attached hydrogens (primary N) is 1. The molecule has 0 aromatic heterocycles. The van der Waals surface area contributed by atoms with Crippen molar-refractivity contribution in [3.8, 4) is 0 Å². The van der Waals surface area contributed by atoms with Crippen molar-refractivity contribution >= 4 is 19.8 Å². The fourth-order valence-electron chi connectivity index (χ4n) is 11.4. The number of allylic oxidation sites excluding steroid dienone is 14. The van der Waals surface area contributed by atoms with Gasteiger partial charge >= 0.3 is 19.8 Å². The lowest BCUT2D eigenvalue weighted by molar-refractivity contribution is -0.161. The summed E-state index contributed by atoms with van der Waals surface area (Å²) in [5.41, 5.74) is 5.41. The molecule has 0 aliphatic rings. The number of ether oxygens (including phenoxy) is 2. The smallest absolute Gasteiger partial charge is 0.462 e. The van der Waals surface area contributed by atoms with Crippen LogP contribution in [0.15, 0.2) is 85.1 Å². The van der Waals surface area contributed by atoms with Gasteiger partial charge in [0.2, 0.25) is 0 Å². The maximum atomic E-state index is 12.8. The maximum absolute atomic E-state index is 12.8. The predicted octanol–water partition coefficient (Wildman–Crippen LogP) is 25.7. The molecule has 524 valence electrons. The highest BCUT2D eigenvalue weighted by Crippen LogP contribution is 2.43. The topological polar surface area (TPSA) is 134 Å². The predicted molar refractivity (Wildman–Crippen MR) is 390 cm³/mol. The maximum Gasteiger partial charge on any atom is 0.472 e. The minimum Gasteiger partial charge on any atom is -0.462 e. The molecule has 0 fully saturated rings. The van der Waals surface area contributed by atoms with Crippen LogP contribution in [0.3, 0.4) is 0 Å². The molecule has 90 heavy (non-hydrogen) atoms. The van der Waals surface area contributed by atoms with Gasteiger partial charge in [0.25, 0.3) is 0 Å². The Hall–Kier alpha value is -2.81. The standard InChI is InChI=1S/C80H146NO8P/c1-3-5-7-9-11-13-15-17-19-21-23-25-27-29-31-33-35-37-39-41-43-45-47-49-51-53-55-57-59-61-63-65-67-69-71-73-80(83)89-78(77-88-90(84,85)87-75-74-81)76-86-79(82)72-70-68-66-64-62-60-58-56-54-52-50-48-46-44-42-40-38-36-34-32-30-28-26-24-22-20-18-16-14-12-10-8-6-4-2/h5,7,11,13,17,19,23,25,29,31,35,37,41,43,78H,3-4,6,8-10,12,14-16,18,20-22,24,26-28,30,32-34,36,38-40,42,44-77,81H2,1-2H3,(H,84,85)/b7-5-,13-11-,19-17-,25-23-,31-29-,37-35-,43-41-. The monoisotopic (exact) mass is 1280 g/mol. The first-order valence-corrected chi connectivity index (χ1v) is 40.1. The number of esters is 2. The van der Waals surface area contributed by atoms with Crippen molar-refractivity contribution in [2.45, 2.75) is 386 Å². The number of carbonyl (C=O) groups is 2. The quantitative estimate of drug-likeness (QED) is 0.0264. The third kappa shape index (κ3) is 74.2. The minimum absolute atomic E-state index is 0.0525. The lowest BCUT2D eigenvalue weighted by Gasteiger charge is -2.19. The van der Waals surface area contributed by atoms with E-state index in [0.29, 0.717) is 6.42 Å². The summed E-state index contributed by atoms with van der Waals surface area (Å²) >= 11 is 0. The average Bonchev–Trinajstić information content (AvgIpc) is 3.75. The van der Waals surface area contributed by atoms with Gasteiger partial charge in [-0.25, -0.2) is 4.57 Å². The van der Waals surface area contributed by atoms with Crippen molar-refractivity contribution in [3.63, 3.8) is 0 Å². The molecule has 0 saturated carbocycles. The molecule has 9 nitrogen and oxygen atoms in total. The summed E-state index contributed by atoms with van der Waals surface area (Å²) in [6, 6.07) is 0. The second-order valence-electron chi connectivity index (χ2n) is 25.9. The van der Waals surface area contributed by atoms with Gasteiger partial charge < -0.3 is 20.1 Å². The first-order valence-electron chi connectivity index (χ1n) is 38.6. The van der Waals surface area contributed by atoms with Crippen LogP contribution in [0, 0.1) is 0 Å². The first-order chi connectivity index (χ1) is 44.3. The Balaban J connectivity index is 3.82. The number of rotatable bonds is 73. The molecule has 0 spiro atoms. The van der Waals surface area contributed by atoms with Crippen molar-refractivity contribution in [3.05, 3.63) is 85.1 Å². The summed E-state index contributed by atoms with van der Waals surface area (Å²) < 4.78 is 33.3. The van der Waals surface area contributed by atoms with Crippen molar-refractivity contribution in [1.82, 2.24) is 0 Å². The van der Waals surface area contributed by atoms with Gasteiger partial charge in [-0.05, 0) is 70.6 Å². The number of carbonyl (C=O) groups excluding carboxylic acids is 2. The third-order valence-electron chi connectivity index (χ3n) is 17.0. The molecule has 10 heteroatoms. The Morgan fingerprint density at radius 2 is 0.611 bits per heavy atom. The molecule has 2 unspecified atom stereocenters. The second-order valence-corrected chi connectivity index (χ2v) is 27.3. The normalized spacial score (nSPS) is 13.3. The molecule has 0 aromatic rings. The summed E-state index contributed by atoms with van der Waals surface area (Å²) in [7, 11) is -4.40. The van der Waals surface area contributed by atoms with E-state index in [9.17, 15) is 19.0 Å². The van der Waals surface area contributed by atoms with Crippen LogP contribution in [-0.2, 0) is 32.7 Å². The number of phosphoric ester groups is 1. The molecule has 0 aliphatic heterocycles. The van der Waals surface area contributed by atoms with Crippen LogP contribution in [-0.4, -0.2) is 49.3 Å². The van der Waals surface area contributed by atoms with Crippen LogP contribution >= 0.6 is 7.82 Å². The van der Waals surface area contributed by atoms with E-state index in [1.165, 1.54) is 263 Å². The SMILES string of the molecule is CC/C=C\C/C=C\C/C=C\C/C=C\C/C=C\C/C=C\C/C=C\CCCCCCCCCCCCCCCC(=O)OC(COC(=O)CCCCCCCCCCCCCCCCCCCCCCCCCCCCCCCCCCCC)COP(=O)(O)OCCN. The van der Waals surface area contributed by atoms with Crippen LogP contribution in [0.5, 0.6) is 0 Å². The van der Waals surface area contributed by atoms with Crippen LogP contribution in [0.1, 0.15) is 380 Å². The number of unbranched alkanes of at least 4 members (excludes halogenated alkanes) is 46. The summed E-state index contributed by atoms with van der Waals surface area (Å²) in [6.07, 6.45) is 101. The Bertz CT molecular complexity index is 1750. The van der Waals surface area contributed by atoms with Gasteiger partial charge in [0.15, 0.2) is 6.10 Å². The zero-order valence-corrected chi connectivity index (χ0v) is 60.0. The van der Waals surface area contributed by atoms with Gasteiger partial charge in [0.05, 0.1) is 13.2 Å². The van der Waals surface area contributed by atoms with Crippen molar-refractivity contribution < 1.29 is 37.6 Å². The average molecular weight is 1280 g/mol. The van der Waals surface area contributed by atoms with Gasteiger partial charge in [-0.3, -0.25) is 18.6 Å². The highest BCUT2D eigenvalue weighted by atomic mass is 31.2. The zero-order valence-electron chi connectivity index (χ0n) is 59.1.